The number of nitrogens with two attached hydrogens (primary N) is 1. The second kappa shape index (κ2) is 8.19. The van der Waals surface area contributed by atoms with Gasteiger partial charge in [0.15, 0.2) is 0 Å². The summed E-state index contributed by atoms with van der Waals surface area (Å²) >= 11 is 0. The fraction of sp³-hybridized carbons (Fsp3) is 0.409. The molecule has 0 unspecified atom stereocenters. The van der Waals surface area contributed by atoms with E-state index in [4.69, 9.17) is 5.73 Å². The zero-order chi connectivity index (χ0) is 19.4. The van der Waals surface area contributed by atoms with Crippen LogP contribution < -0.4 is 11.1 Å². The molecule has 2 aromatic rings. The number of amides is 1. The number of rotatable bonds is 5. The molecule has 27 heavy (non-hydrogen) atoms. The smallest absolute Gasteiger partial charge is 0.244 e. The molecule has 4 nitrogen and oxygen atoms in total. The molecule has 0 spiro atoms. The highest BCUT2D eigenvalue weighted by Gasteiger charge is 2.37. The summed E-state index contributed by atoms with van der Waals surface area (Å²) in [5.41, 5.74) is 8.49. The van der Waals surface area contributed by atoms with Crippen LogP contribution in [0.25, 0.3) is 0 Å². The van der Waals surface area contributed by atoms with E-state index in [0.717, 1.165) is 11.3 Å². The first-order valence-corrected chi connectivity index (χ1v) is 9.53. The Morgan fingerprint density at radius 2 is 1.85 bits per heavy atom. The van der Waals surface area contributed by atoms with Crippen molar-refractivity contribution in [2.45, 2.75) is 44.7 Å². The molecule has 0 saturated carbocycles. The number of hydrogen-bond donors (Lipinski definition) is 2. The fourth-order valence-electron chi connectivity index (χ4n) is 3.44. The molecule has 0 aromatic heterocycles. The molecule has 2 aromatic carbocycles. The number of benzene rings is 2. The van der Waals surface area contributed by atoms with Crippen molar-refractivity contribution < 1.29 is 9.18 Å². The summed E-state index contributed by atoms with van der Waals surface area (Å²) in [7, 11) is 0. The van der Waals surface area contributed by atoms with Gasteiger partial charge in [0, 0.05) is 25.3 Å². The Morgan fingerprint density at radius 1 is 1.19 bits per heavy atom. The quantitative estimate of drug-likeness (QED) is 0.841. The van der Waals surface area contributed by atoms with Gasteiger partial charge in [-0.1, -0.05) is 38.1 Å². The summed E-state index contributed by atoms with van der Waals surface area (Å²) in [5, 5.41) is 2.96. The average Bonchev–Trinajstić information content (AvgIpc) is 2.64. The van der Waals surface area contributed by atoms with Crippen LogP contribution in [0.5, 0.6) is 0 Å². The normalized spacial score (nSPS) is 17.1. The minimum absolute atomic E-state index is 0.134. The van der Waals surface area contributed by atoms with Crippen LogP contribution in [0.15, 0.2) is 48.5 Å². The highest BCUT2D eigenvalue weighted by molar-refractivity contribution is 5.98. The van der Waals surface area contributed by atoms with Gasteiger partial charge in [0.1, 0.15) is 5.82 Å². The monoisotopic (exact) mass is 369 g/mol. The van der Waals surface area contributed by atoms with Crippen LogP contribution in [0.2, 0.25) is 0 Å². The molecule has 0 radical (unpaired) electrons. The molecule has 144 valence electrons. The number of hydrogen-bond acceptors (Lipinski definition) is 3. The molecular formula is C22H28FN3O. The van der Waals surface area contributed by atoms with Crippen molar-refractivity contribution in [3.05, 3.63) is 65.5 Å². The largest absolute Gasteiger partial charge is 0.324 e. The van der Waals surface area contributed by atoms with Gasteiger partial charge in [0.25, 0.3) is 0 Å². The average molecular weight is 369 g/mol. The van der Waals surface area contributed by atoms with Gasteiger partial charge in [0.2, 0.25) is 5.91 Å². The first kappa shape index (κ1) is 19.5. The number of nitrogens with one attached hydrogen (secondary N) is 1. The van der Waals surface area contributed by atoms with Gasteiger partial charge in [-0.2, -0.15) is 0 Å². The Balaban J connectivity index is 1.55. The zero-order valence-corrected chi connectivity index (χ0v) is 16.0. The molecule has 0 bridgehead atoms. The molecule has 1 amide bonds. The lowest BCUT2D eigenvalue weighted by molar-refractivity contribution is -0.122. The van der Waals surface area contributed by atoms with Gasteiger partial charge < -0.3 is 11.1 Å². The van der Waals surface area contributed by atoms with Crippen LogP contribution in [0.4, 0.5) is 10.1 Å². The van der Waals surface area contributed by atoms with Crippen molar-refractivity contribution in [3.63, 3.8) is 0 Å². The summed E-state index contributed by atoms with van der Waals surface area (Å²) < 4.78 is 13.3. The van der Waals surface area contributed by atoms with E-state index >= 15 is 0 Å². The Morgan fingerprint density at radius 3 is 2.44 bits per heavy atom. The number of halogens is 1. The van der Waals surface area contributed by atoms with E-state index in [-0.39, 0.29) is 11.7 Å². The van der Waals surface area contributed by atoms with E-state index < -0.39 is 5.54 Å². The molecule has 5 heteroatoms. The Hall–Kier alpha value is -2.24. The summed E-state index contributed by atoms with van der Waals surface area (Å²) in [6.07, 6.45) is 1.16. The third-order valence-corrected chi connectivity index (χ3v) is 5.33. The first-order chi connectivity index (χ1) is 12.9. The SMILES string of the molecule is CC(C)c1ccc(NC(=O)C2(N)CCN(Cc3cccc(F)c3)CC2)cc1. The lowest BCUT2D eigenvalue weighted by Crippen LogP contribution is -2.57. The van der Waals surface area contributed by atoms with Crippen LogP contribution in [0.3, 0.4) is 0 Å². The molecule has 0 atom stereocenters. The minimum Gasteiger partial charge on any atom is -0.324 e. The maximum atomic E-state index is 13.3. The Kier molecular flexibility index (Phi) is 5.92. The molecule has 1 saturated heterocycles. The van der Waals surface area contributed by atoms with Gasteiger partial charge in [0.05, 0.1) is 5.54 Å². The second-order valence-electron chi connectivity index (χ2n) is 7.79. The van der Waals surface area contributed by atoms with Crippen molar-refractivity contribution in [1.29, 1.82) is 0 Å². The molecule has 3 N–H and O–H groups in total. The van der Waals surface area contributed by atoms with Gasteiger partial charge >= 0.3 is 0 Å². The molecule has 1 fully saturated rings. The van der Waals surface area contributed by atoms with E-state index in [1.165, 1.54) is 11.6 Å². The van der Waals surface area contributed by atoms with Gasteiger partial charge in [-0.05, 0) is 54.2 Å². The number of likely N-dealkylation sites (tertiary alicyclic amines) is 1. The van der Waals surface area contributed by atoms with E-state index in [9.17, 15) is 9.18 Å². The van der Waals surface area contributed by atoms with Crippen LogP contribution in [0.1, 0.15) is 43.7 Å². The van der Waals surface area contributed by atoms with Gasteiger partial charge in [-0.25, -0.2) is 4.39 Å². The summed E-state index contributed by atoms with van der Waals surface area (Å²) in [6, 6.07) is 14.6. The number of carbonyl (C=O) groups is 1. The highest BCUT2D eigenvalue weighted by Crippen LogP contribution is 2.24. The van der Waals surface area contributed by atoms with Crippen LogP contribution >= 0.6 is 0 Å². The molecule has 0 aliphatic carbocycles. The molecule has 3 rings (SSSR count). The predicted octanol–water partition coefficient (Wildman–Crippen LogP) is 3.88. The van der Waals surface area contributed by atoms with Crippen LogP contribution in [-0.2, 0) is 11.3 Å². The van der Waals surface area contributed by atoms with Crippen LogP contribution in [-0.4, -0.2) is 29.4 Å². The summed E-state index contributed by atoms with van der Waals surface area (Å²) in [5.74, 6) is 0.101. The maximum absolute atomic E-state index is 13.3. The van der Waals surface area contributed by atoms with E-state index in [1.54, 1.807) is 12.1 Å². The number of piperidine rings is 1. The van der Waals surface area contributed by atoms with Crippen molar-refractivity contribution in [2.75, 3.05) is 18.4 Å². The third kappa shape index (κ3) is 4.93. The third-order valence-electron chi connectivity index (χ3n) is 5.33. The lowest BCUT2D eigenvalue weighted by atomic mass is 9.87. The van der Waals surface area contributed by atoms with Crippen LogP contribution in [0, 0.1) is 5.82 Å². The maximum Gasteiger partial charge on any atom is 0.244 e. The molecular weight excluding hydrogens is 341 g/mol. The number of carbonyl (C=O) groups excluding carboxylic acids is 1. The minimum atomic E-state index is -0.866. The number of anilines is 1. The predicted molar refractivity (Wildman–Crippen MR) is 107 cm³/mol. The van der Waals surface area contributed by atoms with E-state index in [2.05, 4.69) is 24.1 Å². The standard InChI is InChI=1S/C22H28FN3O/c1-16(2)18-6-8-20(9-7-18)25-21(27)22(24)10-12-26(13-11-22)15-17-4-3-5-19(23)14-17/h3-9,14,16H,10-13,15,24H2,1-2H3,(H,25,27). The van der Waals surface area contributed by atoms with Gasteiger partial charge in [-0.3, -0.25) is 9.69 Å². The van der Waals surface area contributed by atoms with Crippen molar-refractivity contribution in [3.8, 4) is 0 Å². The Bertz CT molecular complexity index is 780. The van der Waals surface area contributed by atoms with Crippen molar-refractivity contribution in [1.82, 2.24) is 4.90 Å². The van der Waals surface area contributed by atoms with Crippen molar-refractivity contribution >= 4 is 11.6 Å². The Labute approximate surface area is 160 Å². The second-order valence-corrected chi connectivity index (χ2v) is 7.79. The highest BCUT2D eigenvalue weighted by atomic mass is 19.1. The van der Waals surface area contributed by atoms with E-state index in [1.807, 2.05) is 30.3 Å². The molecule has 1 aliphatic heterocycles. The van der Waals surface area contributed by atoms with Gasteiger partial charge in [-0.15, -0.1) is 0 Å². The number of nitrogens with zero attached hydrogens (tertiary/aromatic N) is 1. The molecule has 1 aliphatic rings. The summed E-state index contributed by atoms with van der Waals surface area (Å²) in [4.78, 5) is 14.9. The first-order valence-electron chi connectivity index (χ1n) is 9.53. The molecule has 1 heterocycles. The van der Waals surface area contributed by atoms with E-state index in [0.29, 0.717) is 38.4 Å². The topological polar surface area (TPSA) is 58.4 Å². The summed E-state index contributed by atoms with van der Waals surface area (Å²) in [6.45, 7) is 6.38. The lowest BCUT2D eigenvalue weighted by Gasteiger charge is -2.38. The fourth-order valence-corrected chi connectivity index (χ4v) is 3.44. The zero-order valence-electron chi connectivity index (χ0n) is 16.0. The van der Waals surface area contributed by atoms with Crippen molar-refractivity contribution in [2.24, 2.45) is 5.73 Å².